The lowest BCUT2D eigenvalue weighted by Gasteiger charge is -2.20. The smallest absolute Gasteiger partial charge is 0.343 e. The van der Waals surface area contributed by atoms with Crippen LogP contribution >= 0.6 is 0 Å². The number of carbonyl (C=O) groups is 1. The first-order valence-electron chi connectivity index (χ1n) is 10.4. The predicted molar refractivity (Wildman–Crippen MR) is 115 cm³/mol. The van der Waals surface area contributed by atoms with E-state index in [1.54, 1.807) is 44.2 Å². The van der Waals surface area contributed by atoms with Crippen LogP contribution in [-0.4, -0.2) is 31.8 Å². The molecule has 0 saturated carbocycles. The third kappa shape index (κ3) is 7.04. The maximum Gasteiger partial charge on any atom is 0.343 e. The van der Waals surface area contributed by atoms with Gasteiger partial charge in [-0.25, -0.2) is 4.79 Å². The van der Waals surface area contributed by atoms with Gasteiger partial charge in [0.1, 0.15) is 5.75 Å². The van der Waals surface area contributed by atoms with Crippen LogP contribution in [0, 0.1) is 0 Å². The van der Waals surface area contributed by atoms with Crippen LogP contribution in [0.4, 0.5) is 0 Å². The highest BCUT2D eigenvalue weighted by atomic mass is 16.7. The van der Waals surface area contributed by atoms with Gasteiger partial charge in [0.25, 0.3) is 0 Å². The number of rotatable bonds is 11. The van der Waals surface area contributed by atoms with Crippen molar-refractivity contribution in [2.24, 2.45) is 0 Å². The van der Waals surface area contributed by atoms with Crippen molar-refractivity contribution in [1.82, 2.24) is 0 Å². The zero-order valence-electron chi connectivity index (χ0n) is 18.6. The van der Waals surface area contributed by atoms with E-state index >= 15 is 0 Å². The number of hydrogen-bond acceptors (Lipinski definition) is 6. The highest BCUT2D eigenvalue weighted by molar-refractivity contribution is 5.91. The van der Waals surface area contributed by atoms with Crippen LogP contribution < -0.4 is 14.2 Å². The van der Waals surface area contributed by atoms with Crippen molar-refractivity contribution in [3.8, 4) is 17.2 Å². The first-order valence-corrected chi connectivity index (χ1v) is 10.4. The molecule has 6 heteroatoms. The first-order chi connectivity index (χ1) is 14.3. The Morgan fingerprint density at radius 3 is 1.90 bits per heavy atom. The molecule has 164 valence electrons. The minimum atomic E-state index is -0.491. The second-order valence-electron chi connectivity index (χ2n) is 7.06. The van der Waals surface area contributed by atoms with E-state index < -0.39 is 18.5 Å². The molecule has 2 rings (SSSR count). The average molecular weight is 417 g/mol. The number of carbonyl (C=O) groups excluding carboxylic acids is 1. The van der Waals surface area contributed by atoms with Crippen LogP contribution in [0.2, 0.25) is 0 Å². The molecule has 0 N–H and O–H groups in total. The van der Waals surface area contributed by atoms with Crippen molar-refractivity contribution < 1.29 is 28.5 Å². The fraction of sp³-hybridized carbons (Fsp3) is 0.458. The molecule has 0 spiro atoms. The predicted octanol–water partition coefficient (Wildman–Crippen LogP) is 5.55. The normalized spacial score (nSPS) is 13.0. The van der Waals surface area contributed by atoms with Crippen molar-refractivity contribution in [2.45, 2.75) is 60.0 Å². The van der Waals surface area contributed by atoms with Crippen molar-refractivity contribution in [1.29, 1.82) is 0 Å². The Bertz CT molecular complexity index is 800. The highest BCUT2D eigenvalue weighted by Gasteiger charge is 2.16. The molecular weight excluding hydrogens is 384 g/mol. The molecule has 2 aromatic carbocycles. The van der Waals surface area contributed by atoms with Crippen molar-refractivity contribution in [2.75, 3.05) is 13.2 Å². The number of ether oxygens (including phenoxy) is 5. The third-order valence-electron chi connectivity index (χ3n) is 4.33. The van der Waals surface area contributed by atoms with Crippen LogP contribution in [0.25, 0.3) is 0 Å². The van der Waals surface area contributed by atoms with Crippen LogP contribution in [0.3, 0.4) is 0 Å². The van der Waals surface area contributed by atoms with Gasteiger partial charge < -0.3 is 23.7 Å². The average Bonchev–Trinajstić information content (AvgIpc) is 2.70. The van der Waals surface area contributed by atoms with Crippen molar-refractivity contribution >= 4 is 5.97 Å². The maximum absolute atomic E-state index is 12.5. The van der Waals surface area contributed by atoms with Gasteiger partial charge in [0.05, 0.1) is 5.56 Å². The quantitative estimate of drug-likeness (QED) is 0.272. The van der Waals surface area contributed by atoms with Gasteiger partial charge in [-0.2, -0.15) is 0 Å². The minimum Gasteiger partial charge on any atom is -0.461 e. The van der Waals surface area contributed by atoms with Crippen molar-refractivity contribution in [3.05, 3.63) is 53.6 Å². The van der Waals surface area contributed by atoms with Crippen LogP contribution in [0.5, 0.6) is 17.2 Å². The van der Waals surface area contributed by atoms with Gasteiger partial charge in [-0.1, -0.05) is 26.0 Å². The monoisotopic (exact) mass is 416 g/mol. The van der Waals surface area contributed by atoms with Crippen LogP contribution in [-0.2, 0) is 9.47 Å². The van der Waals surface area contributed by atoms with E-state index in [1.165, 1.54) is 0 Å². The molecule has 30 heavy (non-hydrogen) atoms. The standard InChI is InChI=1S/C24H32O6/c1-7-26-17(5)28-22-14-13-21(15-23(22)29-18(6)27-8-2)30-24(25)20-11-9-19(10-12-20)16(3)4/h9-18H,7-8H2,1-6H3. The second kappa shape index (κ2) is 11.6. The fourth-order valence-electron chi connectivity index (χ4n) is 2.81. The Labute approximate surface area is 179 Å². The lowest BCUT2D eigenvalue weighted by Crippen LogP contribution is -2.19. The molecule has 2 aromatic rings. The van der Waals surface area contributed by atoms with Gasteiger partial charge in [0, 0.05) is 19.3 Å². The summed E-state index contributed by atoms with van der Waals surface area (Å²) < 4.78 is 28.1. The summed E-state index contributed by atoms with van der Waals surface area (Å²) in [6, 6.07) is 12.4. The van der Waals surface area contributed by atoms with Crippen LogP contribution in [0.15, 0.2) is 42.5 Å². The fourth-order valence-corrected chi connectivity index (χ4v) is 2.81. The van der Waals surface area contributed by atoms with Gasteiger partial charge in [-0.05, 0) is 63.4 Å². The molecule has 0 bridgehead atoms. The zero-order valence-corrected chi connectivity index (χ0v) is 18.6. The molecule has 0 radical (unpaired) electrons. The van der Waals surface area contributed by atoms with E-state index in [2.05, 4.69) is 13.8 Å². The van der Waals surface area contributed by atoms with Crippen LogP contribution in [0.1, 0.15) is 63.4 Å². The Hall–Kier alpha value is -2.57. The largest absolute Gasteiger partial charge is 0.461 e. The lowest BCUT2D eigenvalue weighted by molar-refractivity contribution is -0.0766. The molecule has 0 fully saturated rings. The molecule has 0 saturated heterocycles. The molecule has 0 aromatic heterocycles. The van der Waals surface area contributed by atoms with E-state index in [9.17, 15) is 4.79 Å². The zero-order chi connectivity index (χ0) is 22.1. The summed E-state index contributed by atoms with van der Waals surface area (Å²) in [7, 11) is 0. The number of esters is 1. The van der Waals surface area contributed by atoms with Crippen molar-refractivity contribution in [3.63, 3.8) is 0 Å². The Balaban J connectivity index is 2.19. The van der Waals surface area contributed by atoms with Gasteiger partial charge in [0.2, 0.25) is 0 Å². The summed E-state index contributed by atoms with van der Waals surface area (Å²) in [6.07, 6.45) is -0.943. The summed E-state index contributed by atoms with van der Waals surface area (Å²) in [5.74, 6) is 1.19. The third-order valence-corrected chi connectivity index (χ3v) is 4.33. The summed E-state index contributed by atoms with van der Waals surface area (Å²) in [5, 5.41) is 0. The number of hydrogen-bond donors (Lipinski definition) is 0. The summed E-state index contributed by atoms with van der Waals surface area (Å²) in [4.78, 5) is 12.5. The molecular formula is C24H32O6. The highest BCUT2D eigenvalue weighted by Crippen LogP contribution is 2.34. The van der Waals surface area contributed by atoms with E-state index in [0.717, 1.165) is 5.56 Å². The van der Waals surface area contributed by atoms with Gasteiger partial charge in [-0.3, -0.25) is 0 Å². The van der Waals surface area contributed by atoms with Gasteiger partial charge >= 0.3 is 5.97 Å². The Morgan fingerprint density at radius 1 is 0.800 bits per heavy atom. The molecule has 6 nitrogen and oxygen atoms in total. The molecule has 0 aliphatic heterocycles. The molecule has 0 heterocycles. The number of benzene rings is 2. The SMILES string of the molecule is CCOC(C)Oc1ccc(OC(=O)c2ccc(C(C)C)cc2)cc1OC(C)OCC. The van der Waals surface area contributed by atoms with Gasteiger partial charge in [0.15, 0.2) is 24.1 Å². The van der Waals surface area contributed by atoms with E-state index in [0.29, 0.717) is 41.9 Å². The minimum absolute atomic E-state index is 0.350. The lowest BCUT2D eigenvalue weighted by atomic mass is 10.0. The first kappa shape index (κ1) is 23.7. The summed E-state index contributed by atoms with van der Waals surface area (Å²) >= 11 is 0. The molecule has 0 aliphatic carbocycles. The molecule has 0 amide bonds. The maximum atomic E-state index is 12.5. The molecule has 2 unspecified atom stereocenters. The topological polar surface area (TPSA) is 63.2 Å². The van der Waals surface area contributed by atoms with Gasteiger partial charge in [-0.15, -0.1) is 0 Å². The van der Waals surface area contributed by atoms with E-state index in [-0.39, 0.29) is 0 Å². The van der Waals surface area contributed by atoms with E-state index in [4.69, 9.17) is 23.7 Å². The Morgan fingerprint density at radius 2 is 1.37 bits per heavy atom. The summed E-state index contributed by atoms with van der Waals surface area (Å²) in [6.45, 7) is 12.6. The summed E-state index contributed by atoms with van der Waals surface area (Å²) in [5.41, 5.74) is 1.65. The molecule has 0 aliphatic rings. The molecule has 2 atom stereocenters. The second-order valence-corrected chi connectivity index (χ2v) is 7.06. The Kier molecular flexibility index (Phi) is 9.15. The van der Waals surface area contributed by atoms with E-state index in [1.807, 2.05) is 26.0 Å².